The van der Waals surface area contributed by atoms with Gasteiger partial charge in [-0.25, -0.2) is 0 Å². The van der Waals surface area contributed by atoms with Crippen LogP contribution in [0.5, 0.6) is 0 Å². The lowest BCUT2D eigenvalue weighted by atomic mass is 10.0. The summed E-state index contributed by atoms with van der Waals surface area (Å²) in [5, 5.41) is 12.9. The molecule has 1 aromatic rings. The summed E-state index contributed by atoms with van der Waals surface area (Å²) in [4.78, 5) is 0. The molecule has 0 saturated carbocycles. The molecule has 1 N–H and O–H groups in total. The van der Waals surface area contributed by atoms with Gasteiger partial charge in [-0.3, -0.25) is 0 Å². The molecular formula is C13H17ClN2. The second-order valence-electron chi connectivity index (χ2n) is 3.95. The molecule has 1 rings (SSSR count). The molecule has 0 bridgehead atoms. The Kier molecular flexibility index (Phi) is 5.31. The molecule has 0 saturated heterocycles. The molecule has 16 heavy (non-hydrogen) atoms. The van der Waals surface area contributed by atoms with Crippen LogP contribution in [0.2, 0.25) is 5.02 Å². The van der Waals surface area contributed by atoms with Crippen molar-refractivity contribution in [2.24, 2.45) is 5.92 Å². The lowest BCUT2D eigenvalue weighted by Gasteiger charge is -2.18. The van der Waals surface area contributed by atoms with E-state index < -0.39 is 0 Å². The molecule has 86 valence electrons. The Morgan fingerprint density at radius 1 is 1.38 bits per heavy atom. The molecule has 1 aromatic carbocycles. The summed E-state index contributed by atoms with van der Waals surface area (Å²) >= 11 is 5.85. The largest absolute Gasteiger partial charge is 0.309 e. The fourth-order valence-corrected chi connectivity index (χ4v) is 1.68. The first-order chi connectivity index (χ1) is 7.67. The normalized spacial score (nSPS) is 14.1. The van der Waals surface area contributed by atoms with E-state index in [1.165, 1.54) is 5.56 Å². The highest BCUT2D eigenvalue weighted by atomic mass is 35.5. The van der Waals surface area contributed by atoms with Crippen molar-refractivity contribution >= 4 is 11.6 Å². The monoisotopic (exact) mass is 236 g/mol. The molecule has 0 heterocycles. The van der Waals surface area contributed by atoms with Crippen LogP contribution in [0.4, 0.5) is 0 Å². The van der Waals surface area contributed by atoms with E-state index in [1.807, 2.05) is 31.2 Å². The molecule has 0 aromatic heterocycles. The van der Waals surface area contributed by atoms with E-state index in [1.54, 1.807) is 0 Å². The zero-order chi connectivity index (χ0) is 12.0. The molecule has 2 unspecified atom stereocenters. The van der Waals surface area contributed by atoms with E-state index in [4.69, 9.17) is 16.9 Å². The summed E-state index contributed by atoms with van der Waals surface area (Å²) < 4.78 is 0. The summed E-state index contributed by atoms with van der Waals surface area (Å²) in [6, 6.07) is 10.4. The molecule has 2 atom stereocenters. The van der Waals surface area contributed by atoms with Crippen molar-refractivity contribution in [3.63, 3.8) is 0 Å². The van der Waals surface area contributed by atoms with E-state index in [2.05, 4.69) is 18.3 Å². The van der Waals surface area contributed by atoms with Gasteiger partial charge in [-0.05, 0) is 31.0 Å². The minimum absolute atomic E-state index is 0.0429. The molecule has 0 amide bonds. The van der Waals surface area contributed by atoms with E-state index >= 15 is 0 Å². The third-order valence-electron chi connectivity index (χ3n) is 2.57. The number of hydrogen-bond acceptors (Lipinski definition) is 2. The summed E-state index contributed by atoms with van der Waals surface area (Å²) in [5.74, 6) is 0.0429. The molecule has 2 nitrogen and oxygen atoms in total. The van der Waals surface area contributed by atoms with Crippen molar-refractivity contribution in [3.8, 4) is 6.07 Å². The van der Waals surface area contributed by atoms with Gasteiger partial charge < -0.3 is 5.32 Å². The topological polar surface area (TPSA) is 35.8 Å². The number of halogens is 1. The van der Waals surface area contributed by atoms with Crippen molar-refractivity contribution in [2.45, 2.75) is 26.3 Å². The van der Waals surface area contributed by atoms with Crippen molar-refractivity contribution in [1.82, 2.24) is 5.32 Å². The van der Waals surface area contributed by atoms with Crippen LogP contribution in [-0.2, 0) is 0 Å². The van der Waals surface area contributed by atoms with Gasteiger partial charge in [0.2, 0.25) is 0 Å². The summed E-state index contributed by atoms with van der Waals surface area (Å²) in [5.41, 5.74) is 1.22. The smallest absolute Gasteiger partial charge is 0.0666 e. The number of nitrogens with one attached hydrogen (secondary N) is 1. The van der Waals surface area contributed by atoms with Crippen LogP contribution in [-0.4, -0.2) is 6.54 Å². The molecule has 0 spiro atoms. The van der Waals surface area contributed by atoms with Gasteiger partial charge in [-0.15, -0.1) is 0 Å². The van der Waals surface area contributed by atoms with Gasteiger partial charge in [0, 0.05) is 17.6 Å². The van der Waals surface area contributed by atoms with Gasteiger partial charge in [-0.2, -0.15) is 5.26 Å². The van der Waals surface area contributed by atoms with Crippen molar-refractivity contribution < 1.29 is 0 Å². The number of hydrogen-bond donors (Lipinski definition) is 1. The third kappa shape index (κ3) is 3.84. The van der Waals surface area contributed by atoms with Crippen LogP contribution < -0.4 is 5.32 Å². The van der Waals surface area contributed by atoms with Crippen LogP contribution in [0.3, 0.4) is 0 Å². The second-order valence-corrected chi connectivity index (χ2v) is 4.39. The predicted molar refractivity (Wildman–Crippen MR) is 67.3 cm³/mol. The first-order valence-corrected chi connectivity index (χ1v) is 5.93. The first-order valence-electron chi connectivity index (χ1n) is 5.55. The van der Waals surface area contributed by atoms with Crippen LogP contribution in [0.1, 0.15) is 31.9 Å². The highest BCUT2D eigenvalue weighted by Crippen LogP contribution is 2.19. The minimum atomic E-state index is 0.0429. The van der Waals surface area contributed by atoms with Gasteiger partial charge >= 0.3 is 0 Å². The van der Waals surface area contributed by atoms with Crippen molar-refractivity contribution in [1.29, 1.82) is 5.26 Å². The van der Waals surface area contributed by atoms with Gasteiger partial charge in [0.25, 0.3) is 0 Å². The van der Waals surface area contributed by atoms with Crippen LogP contribution >= 0.6 is 11.6 Å². The Morgan fingerprint density at radius 2 is 2.00 bits per heavy atom. The predicted octanol–water partition coefficient (Wildman–Crippen LogP) is 3.54. The summed E-state index contributed by atoms with van der Waals surface area (Å²) in [6.45, 7) is 4.77. The van der Waals surface area contributed by atoms with E-state index in [0.29, 0.717) is 6.04 Å². The molecular weight excluding hydrogens is 220 g/mol. The average Bonchev–Trinajstić information content (AvgIpc) is 2.31. The van der Waals surface area contributed by atoms with Gasteiger partial charge in [0.15, 0.2) is 0 Å². The fraction of sp³-hybridized carbons (Fsp3) is 0.462. The molecule has 0 aliphatic carbocycles. The molecule has 0 aliphatic heterocycles. The third-order valence-corrected chi connectivity index (χ3v) is 2.82. The molecule has 0 aliphatic rings. The number of nitriles is 1. The van der Waals surface area contributed by atoms with Crippen molar-refractivity contribution in [3.05, 3.63) is 34.9 Å². The second kappa shape index (κ2) is 6.52. The van der Waals surface area contributed by atoms with E-state index in [-0.39, 0.29) is 5.92 Å². The Hall–Kier alpha value is -1.04. The molecule has 0 fully saturated rings. The lowest BCUT2D eigenvalue weighted by Crippen LogP contribution is -2.25. The lowest BCUT2D eigenvalue weighted by molar-refractivity contribution is 0.488. The Morgan fingerprint density at radius 3 is 2.50 bits per heavy atom. The number of rotatable bonds is 5. The van der Waals surface area contributed by atoms with Crippen molar-refractivity contribution in [2.75, 3.05) is 6.54 Å². The maximum Gasteiger partial charge on any atom is 0.0666 e. The fourth-order valence-electron chi connectivity index (χ4n) is 1.56. The zero-order valence-corrected chi connectivity index (χ0v) is 10.5. The number of nitrogens with zero attached hydrogens (tertiary/aromatic N) is 1. The summed E-state index contributed by atoms with van der Waals surface area (Å²) in [6.07, 6.45) is 1.000. The Labute approximate surface area is 102 Å². The van der Waals surface area contributed by atoms with E-state index in [9.17, 15) is 0 Å². The van der Waals surface area contributed by atoms with Gasteiger partial charge in [0.1, 0.15) is 0 Å². The maximum atomic E-state index is 8.72. The molecule has 0 radical (unpaired) electrons. The quantitative estimate of drug-likeness (QED) is 0.849. The highest BCUT2D eigenvalue weighted by molar-refractivity contribution is 6.30. The first kappa shape index (κ1) is 13.0. The van der Waals surface area contributed by atoms with Gasteiger partial charge in [-0.1, -0.05) is 30.7 Å². The van der Waals surface area contributed by atoms with Crippen LogP contribution in [0, 0.1) is 17.2 Å². The summed E-state index contributed by atoms with van der Waals surface area (Å²) in [7, 11) is 0. The minimum Gasteiger partial charge on any atom is -0.309 e. The maximum absolute atomic E-state index is 8.72. The van der Waals surface area contributed by atoms with E-state index in [0.717, 1.165) is 18.0 Å². The SMILES string of the molecule is CCC(NCC(C)C#N)c1ccc(Cl)cc1. The average molecular weight is 237 g/mol. The Balaban J connectivity index is 2.61. The van der Waals surface area contributed by atoms with Gasteiger partial charge in [0.05, 0.1) is 12.0 Å². The number of benzene rings is 1. The zero-order valence-electron chi connectivity index (χ0n) is 9.70. The van der Waals surface area contributed by atoms with Crippen LogP contribution in [0.25, 0.3) is 0 Å². The Bertz CT molecular complexity index is 353. The molecule has 3 heteroatoms. The van der Waals surface area contributed by atoms with Crippen LogP contribution in [0.15, 0.2) is 24.3 Å². The highest BCUT2D eigenvalue weighted by Gasteiger charge is 2.09. The standard InChI is InChI=1S/C13H17ClN2/c1-3-13(16-9-10(2)8-15)11-4-6-12(14)7-5-11/h4-7,10,13,16H,3,9H2,1-2H3.